The van der Waals surface area contributed by atoms with E-state index in [1.54, 1.807) is 6.07 Å². The van der Waals surface area contributed by atoms with E-state index < -0.39 is 5.97 Å². The van der Waals surface area contributed by atoms with Crippen molar-refractivity contribution in [3.8, 4) is 0 Å². The van der Waals surface area contributed by atoms with Gasteiger partial charge in [-0.15, -0.1) is 0 Å². The zero-order chi connectivity index (χ0) is 10.8. The smallest absolute Gasteiger partial charge is 0.371 e. The van der Waals surface area contributed by atoms with Gasteiger partial charge in [-0.1, -0.05) is 0 Å². The molecule has 15 heavy (non-hydrogen) atoms. The monoisotopic (exact) mass is 209 g/mol. The Hall–Kier alpha value is -1.45. The standard InChI is InChI=1S/C11H15NO3/c1-8-4-2-3-7-12(8)10-6-5-9(15-10)11(13)14/h5-6,8H,2-4,7H2,1H3,(H,13,14). The van der Waals surface area contributed by atoms with E-state index in [-0.39, 0.29) is 5.76 Å². The molecule has 4 heteroatoms. The van der Waals surface area contributed by atoms with E-state index in [9.17, 15) is 4.79 Å². The van der Waals surface area contributed by atoms with Crippen LogP contribution < -0.4 is 4.90 Å². The summed E-state index contributed by atoms with van der Waals surface area (Å²) in [6.07, 6.45) is 3.53. The number of aromatic carboxylic acids is 1. The minimum atomic E-state index is -1.01. The molecule has 1 aromatic heterocycles. The largest absolute Gasteiger partial charge is 0.475 e. The summed E-state index contributed by atoms with van der Waals surface area (Å²) in [7, 11) is 0. The first-order chi connectivity index (χ1) is 7.18. The Labute approximate surface area is 88.5 Å². The lowest BCUT2D eigenvalue weighted by molar-refractivity contribution is 0.0663. The lowest BCUT2D eigenvalue weighted by Crippen LogP contribution is -2.37. The molecule has 1 fully saturated rings. The molecule has 1 aromatic rings. The van der Waals surface area contributed by atoms with Crippen molar-refractivity contribution in [2.45, 2.75) is 32.2 Å². The molecular weight excluding hydrogens is 194 g/mol. The van der Waals surface area contributed by atoms with Crippen LogP contribution in [0.1, 0.15) is 36.7 Å². The number of carboxylic acids is 1. The SMILES string of the molecule is CC1CCCCN1c1ccc(C(=O)O)o1. The van der Waals surface area contributed by atoms with Crippen molar-refractivity contribution in [3.05, 3.63) is 17.9 Å². The molecule has 4 nitrogen and oxygen atoms in total. The summed E-state index contributed by atoms with van der Waals surface area (Å²) >= 11 is 0. The Bertz CT molecular complexity index is 358. The van der Waals surface area contributed by atoms with Crippen LogP contribution in [0, 0.1) is 0 Å². The molecule has 1 aliphatic rings. The van der Waals surface area contributed by atoms with Gasteiger partial charge in [0.2, 0.25) is 5.76 Å². The van der Waals surface area contributed by atoms with Crippen molar-refractivity contribution >= 4 is 11.9 Å². The first-order valence-corrected chi connectivity index (χ1v) is 5.28. The van der Waals surface area contributed by atoms with Gasteiger partial charge < -0.3 is 14.4 Å². The molecule has 0 saturated carbocycles. The fourth-order valence-electron chi connectivity index (χ4n) is 2.02. The maximum atomic E-state index is 10.7. The predicted octanol–water partition coefficient (Wildman–Crippen LogP) is 2.36. The van der Waals surface area contributed by atoms with Gasteiger partial charge in [-0.2, -0.15) is 0 Å². The van der Waals surface area contributed by atoms with Gasteiger partial charge in [0, 0.05) is 18.7 Å². The van der Waals surface area contributed by atoms with E-state index in [0.717, 1.165) is 19.4 Å². The minimum Gasteiger partial charge on any atom is -0.475 e. The number of piperidine rings is 1. The summed E-state index contributed by atoms with van der Waals surface area (Å²) in [4.78, 5) is 12.8. The molecule has 0 radical (unpaired) electrons. The van der Waals surface area contributed by atoms with E-state index in [2.05, 4.69) is 11.8 Å². The zero-order valence-corrected chi connectivity index (χ0v) is 8.77. The van der Waals surface area contributed by atoms with Crippen LogP contribution in [0.5, 0.6) is 0 Å². The Balaban J connectivity index is 2.17. The summed E-state index contributed by atoms with van der Waals surface area (Å²) < 4.78 is 5.28. The van der Waals surface area contributed by atoms with Gasteiger partial charge in [0.1, 0.15) is 0 Å². The maximum absolute atomic E-state index is 10.7. The van der Waals surface area contributed by atoms with Gasteiger partial charge in [-0.05, 0) is 32.3 Å². The van der Waals surface area contributed by atoms with Crippen molar-refractivity contribution in [1.82, 2.24) is 0 Å². The number of anilines is 1. The molecule has 1 N–H and O–H groups in total. The second-order valence-electron chi connectivity index (χ2n) is 3.98. The molecule has 1 atom stereocenters. The first kappa shape index (κ1) is 10.1. The average Bonchev–Trinajstić information content (AvgIpc) is 2.67. The van der Waals surface area contributed by atoms with Crippen LogP contribution in [0.2, 0.25) is 0 Å². The quantitative estimate of drug-likeness (QED) is 0.812. The van der Waals surface area contributed by atoms with Crippen LogP contribution in [0.3, 0.4) is 0 Å². The third-order valence-electron chi connectivity index (χ3n) is 2.89. The highest BCUT2D eigenvalue weighted by Crippen LogP contribution is 2.26. The summed E-state index contributed by atoms with van der Waals surface area (Å²) in [5.41, 5.74) is 0. The fourth-order valence-corrected chi connectivity index (χ4v) is 2.02. The number of carbonyl (C=O) groups is 1. The van der Waals surface area contributed by atoms with Crippen LogP contribution in [0.4, 0.5) is 5.88 Å². The molecule has 0 aromatic carbocycles. The molecule has 0 aliphatic carbocycles. The third-order valence-corrected chi connectivity index (χ3v) is 2.89. The number of hydrogen-bond acceptors (Lipinski definition) is 3. The van der Waals surface area contributed by atoms with Crippen LogP contribution >= 0.6 is 0 Å². The van der Waals surface area contributed by atoms with Crippen LogP contribution in [-0.4, -0.2) is 23.7 Å². The van der Waals surface area contributed by atoms with Crippen molar-refractivity contribution in [3.63, 3.8) is 0 Å². The molecule has 0 bridgehead atoms. The van der Waals surface area contributed by atoms with Gasteiger partial charge in [-0.3, -0.25) is 0 Å². The van der Waals surface area contributed by atoms with E-state index in [0.29, 0.717) is 11.9 Å². The van der Waals surface area contributed by atoms with E-state index in [1.807, 2.05) is 0 Å². The number of hydrogen-bond donors (Lipinski definition) is 1. The second-order valence-corrected chi connectivity index (χ2v) is 3.98. The fraction of sp³-hybridized carbons (Fsp3) is 0.545. The van der Waals surface area contributed by atoms with Gasteiger partial charge in [-0.25, -0.2) is 4.79 Å². The highest BCUT2D eigenvalue weighted by molar-refractivity contribution is 5.84. The molecule has 1 saturated heterocycles. The van der Waals surface area contributed by atoms with Gasteiger partial charge >= 0.3 is 5.97 Å². The summed E-state index contributed by atoms with van der Waals surface area (Å²) in [6.45, 7) is 3.09. The molecule has 2 rings (SSSR count). The van der Waals surface area contributed by atoms with Crippen LogP contribution in [0.15, 0.2) is 16.5 Å². The summed E-state index contributed by atoms with van der Waals surface area (Å²) in [6, 6.07) is 3.69. The average molecular weight is 209 g/mol. The van der Waals surface area contributed by atoms with Crippen LogP contribution in [-0.2, 0) is 0 Å². The molecule has 2 heterocycles. The van der Waals surface area contributed by atoms with E-state index >= 15 is 0 Å². The summed E-state index contributed by atoms with van der Waals surface area (Å²) in [5.74, 6) is -0.312. The molecule has 82 valence electrons. The highest BCUT2D eigenvalue weighted by Gasteiger charge is 2.22. The topological polar surface area (TPSA) is 53.7 Å². The Morgan fingerprint density at radius 2 is 2.33 bits per heavy atom. The maximum Gasteiger partial charge on any atom is 0.371 e. The lowest BCUT2D eigenvalue weighted by atomic mass is 10.0. The number of rotatable bonds is 2. The number of carboxylic acid groups (broad SMARTS) is 1. The number of nitrogens with zero attached hydrogens (tertiary/aromatic N) is 1. The minimum absolute atomic E-state index is 0.0165. The summed E-state index contributed by atoms with van der Waals surface area (Å²) in [5, 5.41) is 8.75. The molecule has 0 spiro atoms. The predicted molar refractivity (Wildman–Crippen MR) is 56.3 cm³/mol. The number of furan rings is 1. The van der Waals surface area contributed by atoms with Crippen molar-refractivity contribution in [1.29, 1.82) is 0 Å². The van der Waals surface area contributed by atoms with Crippen molar-refractivity contribution in [2.75, 3.05) is 11.4 Å². The van der Waals surface area contributed by atoms with Gasteiger partial charge in [0.05, 0.1) is 0 Å². The Kier molecular flexibility index (Phi) is 2.66. The van der Waals surface area contributed by atoms with E-state index in [4.69, 9.17) is 9.52 Å². The van der Waals surface area contributed by atoms with Gasteiger partial charge in [0.15, 0.2) is 5.88 Å². The normalized spacial score (nSPS) is 21.7. The molecule has 1 unspecified atom stereocenters. The van der Waals surface area contributed by atoms with E-state index in [1.165, 1.54) is 12.5 Å². The highest BCUT2D eigenvalue weighted by atomic mass is 16.4. The third kappa shape index (κ3) is 1.98. The molecule has 1 aliphatic heterocycles. The van der Waals surface area contributed by atoms with Gasteiger partial charge in [0.25, 0.3) is 0 Å². The second kappa shape index (κ2) is 3.96. The Morgan fingerprint density at radius 3 is 2.93 bits per heavy atom. The lowest BCUT2D eigenvalue weighted by Gasteiger charge is -2.32. The first-order valence-electron chi connectivity index (χ1n) is 5.28. The zero-order valence-electron chi connectivity index (χ0n) is 8.77. The molecular formula is C11H15NO3. The van der Waals surface area contributed by atoms with Crippen LogP contribution in [0.25, 0.3) is 0 Å². The van der Waals surface area contributed by atoms with Crippen molar-refractivity contribution < 1.29 is 14.3 Å². The Morgan fingerprint density at radius 1 is 1.53 bits per heavy atom. The van der Waals surface area contributed by atoms with Crippen molar-refractivity contribution in [2.24, 2.45) is 0 Å². The molecule has 0 amide bonds.